The number of aryl methyl sites for hydroxylation is 2. The van der Waals surface area contributed by atoms with E-state index in [-0.39, 0.29) is 0 Å². The Hall–Kier alpha value is -1.20. The topological polar surface area (TPSA) is 54.5 Å². The molecule has 0 saturated carbocycles. The average molecular weight is 309 g/mol. The molecular formula is C16H23NO3S. The highest BCUT2D eigenvalue weighted by Gasteiger charge is 2.35. The van der Waals surface area contributed by atoms with Crippen LogP contribution in [0.1, 0.15) is 41.5 Å². The highest BCUT2D eigenvalue weighted by molar-refractivity contribution is 7.89. The summed E-state index contributed by atoms with van der Waals surface area (Å²) >= 11 is 0. The summed E-state index contributed by atoms with van der Waals surface area (Å²) in [5.74, 6) is 0. The number of carbonyl (C=O) groups is 1. The second kappa shape index (κ2) is 5.89. The minimum Gasteiger partial charge on any atom is -0.302 e. The van der Waals surface area contributed by atoms with Crippen molar-refractivity contribution in [3.8, 4) is 0 Å². The molecule has 1 saturated heterocycles. The summed E-state index contributed by atoms with van der Waals surface area (Å²) in [6.07, 6.45) is 3.10. The number of nitrogens with zero attached hydrogens (tertiary/aromatic N) is 1. The summed E-state index contributed by atoms with van der Waals surface area (Å²) in [6.45, 7) is 7.96. The Bertz CT molecular complexity index is 638. The van der Waals surface area contributed by atoms with Crippen LogP contribution in [0.2, 0.25) is 0 Å². The Morgan fingerprint density at radius 1 is 1.10 bits per heavy atom. The van der Waals surface area contributed by atoms with Gasteiger partial charge in [0.05, 0.1) is 10.9 Å². The van der Waals surface area contributed by atoms with Crippen LogP contribution < -0.4 is 0 Å². The zero-order valence-electron chi connectivity index (χ0n) is 13.1. The monoisotopic (exact) mass is 309 g/mol. The predicted octanol–water partition coefficient (Wildman–Crippen LogP) is 2.66. The number of sulfonamides is 1. The van der Waals surface area contributed by atoms with Gasteiger partial charge in [0.1, 0.15) is 6.29 Å². The SMILES string of the molecule is Cc1cc(C)c(C)c(S(=O)(=O)N2CCCCC2C=O)c1C. The predicted molar refractivity (Wildman–Crippen MR) is 83.0 cm³/mol. The first-order valence-corrected chi connectivity index (χ1v) is 8.79. The first-order valence-electron chi connectivity index (χ1n) is 7.35. The Labute approximate surface area is 127 Å². The van der Waals surface area contributed by atoms with E-state index in [9.17, 15) is 13.2 Å². The molecule has 1 aromatic carbocycles. The molecule has 21 heavy (non-hydrogen) atoms. The van der Waals surface area contributed by atoms with E-state index in [2.05, 4.69) is 0 Å². The molecule has 0 bridgehead atoms. The van der Waals surface area contributed by atoms with E-state index in [0.717, 1.165) is 41.4 Å². The van der Waals surface area contributed by atoms with Gasteiger partial charge in [-0.1, -0.05) is 12.5 Å². The van der Waals surface area contributed by atoms with Crippen LogP contribution in [0.3, 0.4) is 0 Å². The highest BCUT2D eigenvalue weighted by atomic mass is 32.2. The van der Waals surface area contributed by atoms with Crippen molar-refractivity contribution in [2.45, 2.75) is 57.9 Å². The molecule has 0 spiro atoms. The third-order valence-electron chi connectivity index (χ3n) is 4.52. The first-order chi connectivity index (χ1) is 9.80. The molecule has 0 amide bonds. The van der Waals surface area contributed by atoms with Gasteiger partial charge in [0.15, 0.2) is 0 Å². The van der Waals surface area contributed by atoms with Crippen LogP contribution in [0.5, 0.6) is 0 Å². The summed E-state index contributed by atoms with van der Waals surface area (Å²) in [5.41, 5.74) is 3.51. The van der Waals surface area contributed by atoms with Crippen LogP contribution in [-0.2, 0) is 14.8 Å². The van der Waals surface area contributed by atoms with Gasteiger partial charge in [-0.2, -0.15) is 4.31 Å². The van der Waals surface area contributed by atoms with Gasteiger partial charge in [0, 0.05) is 6.54 Å². The van der Waals surface area contributed by atoms with Gasteiger partial charge in [-0.05, 0) is 62.8 Å². The summed E-state index contributed by atoms with van der Waals surface area (Å²) < 4.78 is 27.5. The van der Waals surface area contributed by atoms with Crippen LogP contribution in [0.15, 0.2) is 11.0 Å². The van der Waals surface area contributed by atoms with Crippen molar-refractivity contribution in [3.63, 3.8) is 0 Å². The normalized spacial score (nSPS) is 20.5. The van der Waals surface area contributed by atoms with Gasteiger partial charge in [0.25, 0.3) is 0 Å². The molecule has 1 aromatic rings. The number of rotatable bonds is 3. The van der Waals surface area contributed by atoms with Gasteiger partial charge < -0.3 is 4.79 Å². The number of hydrogen-bond acceptors (Lipinski definition) is 3. The van der Waals surface area contributed by atoms with E-state index in [0.29, 0.717) is 17.9 Å². The lowest BCUT2D eigenvalue weighted by molar-refractivity contribution is -0.111. The lowest BCUT2D eigenvalue weighted by Crippen LogP contribution is -2.45. The summed E-state index contributed by atoms with van der Waals surface area (Å²) in [4.78, 5) is 11.6. The van der Waals surface area contributed by atoms with E-state index in [1.807, 2.05) is 33.8 Å². The van der Waals surface area contributed by atoms with Crippen molar-refractivity contribution in [2.24, 2.45) is 0 Å². The highest BCUT2D eigenvalue weighted by Crippen LogP contribution is 2.31. The lowest BCUT2D eigenvalue weighted by Gasteiger charge is -2.32. The van der Waals surface area contributed by atoms with Gasteiger partial charge in [-0.25, -0.2) is 8.42 Å². The number of aldehydes is 1. The second-order valence-corrected chi connectivity index (χ2v) is 7.73. The Morgan fingerprint density at radius 3 is 2.19 bits per heavy atom. The van der Waals surface area contributed by atoms with Gasteiger partial charge in [0.2, 0.25) is 10.0 Å². The fraction of sp³-hybridized carbons (Fsp3) is 0.562. The molecule has 5 heteroatoms. The van der Waals surface area contributed by atoms with Crippen LogP contribution in [0.4, 0.5) is 0 Å². The smallest absolute Gasteiger partial charge is 0.244 e. The third-order valence-corrected chi connectivity index (χ3v) is 6.72. The second-order valence-electron chi connectivity index (χ2n) is 5.90. The van der Waals surface area contributed by atoms with Crippen molar-refractivity contribution in [1.82, 2.24) is 4.31 Å². The molecular weight excluding hydrogens is 286 g/mol. The molecule has 0 aliphatic carbocycles. The van der Waals surface area contributed by atoms with Crippen LogP contribution in [0.25, 0.3) is 0 Å². The Morgan fingerprint density at radius 2 is 1.67 bits per heavy atom. The van der Waals surface area contributed by atoms with Crippen molar-refractivity contribution in [1.29, 1.82) is 0 Å². The van der Waals surface area contributed by atoms with Gasteiger partial charge in [-0.3, -0.25) is 0 Å². The van der Waals surface area contributed by atoms with Crippen LogP contribution in [0, 0.1) is 27.7 Å². The van der Waals surface area contributed by atoms with E-state index in [1.165, 1.54) is 4.31 Å². The maximum absolute atomic E-state index is 13.1. The molecule has 116 valence electrons. The van der Waals surface area contributed by atoms with Crippen LogP contribution >= 0.6 is 0 Å². The van der Waals surface area contributed by atoms with Crippen molar-refractivity contribution < 1.29 is 13.2 Å². The number of hydrogen-bond donors (Lipinski definition) is 0. The van der Waals surface area contributed by atoms with Crippen LogP contribution in [-0.4, -0.2) is 31.6 Å². The zero-order valence-corrected chi connectivity index (χ0v) is 14.0. The molecule has 1 aliphatic rings. The largest absolute Gasteiger partial charge is 0.302 e. The van der Waals surface area contributed by atoms with Crippen molar-refractivity contribution in [3.05, 3.63) is 28.3 Å². The number of benzene rings is 1. The minimum atomic E-state index is -3.63. The first kappa shape index (κ1) is 16.2. The molecule has 1 unspecified atom stereocenters. The maximum Gasteiger partial charge on any atom is 0.244 e. The molecule has 1 heterocycles. The van der Waals surface area contributed by atoms with Gasteiger partial charge in [-0.15, -0.1) is 0 Å². The molecule has 1 aliphatic heterocycles. The molecule has 2 rings (SSSR count). The number of piperidine rings is 1. The Kier molecular flexibility index (Phi) is 4.54. The molecule has 0 radical (unpaired) electrons. The number of carbonyl (C=O) groups excluding carboxylic acids is 1. The molecule has 1 fully saturated rings. The standard InChI is InChI=1S/C16H23NO3S/c1-11-9-12(2)14(4)16(13(11)3)21(19,20)17-8-6-5-7-15(17)10-18/h9-10,15H,5-8H2,1-4H3. The summed E-state index contributed by atoms with van der Waals surface area (Å²) in [6, 6.07) is 1.49. The minimum absolute atomic E-state index is 0.383. The zero-order chi connectivity index (χ0) is 15.8. The van der Waals surface area contributed by atoms with Gasteiger partial charge >= 0.3 is 0 Å². The van der Waals surface area contributed by atoms with Crippen molar-refractivity contribution in [2.75, 3.05) is 6.54 Å². The van der Waals surface area contributed by atoms with Crippen molar-refractivity contribution >= 4 is 16.3 Å². The molecule has 1 atom stereocenters. The fourth-order valence-electron chi connectivity index (χ4n) is 3.05. The molecule has 0 aromatic heterocycles. The molecule has 0 N–H and O–H groups in total. The summed E-state index contributed by atoms with van der Waals surface area (Å²) in [5, 5.41) is 0. The Balaban J connectivity index is 2.61. The maximum atomic E-state index is 13.1. The van der Waals surface area contributed by atoms with E-state index >= 15 is 0 Å². The quantitative estimate of drug-likeness (QED) is 0.807. The fourth-order valence-corrected chi connectivity index (χ4v) is 5.26. The van der Waals surface area contributed by atoms with E-state index in [4.69, 9.17) is 0 Å². The molecule has 4 nitrogen and oxygen atoms in total. The third kappa shape index (κ3) is 2.77. The summed E-state index contributed by atoms with van der Waals surface area (Å²) in [7, 11) is -3.63. The lowest BCUT2D eigenvalue weighted by atomic mass is 10.0. The van der Waals surface area contributed by atoms with E-state index < -0.39 is 16.1 Å². The average Bonchev–Trinajstić information content (AvgIpc) is 2.45. The van der Waals surface area contributed by atoms with E-state index in [1.54, 1.807) is 0 Å².